The molecule has 0 aliphatic carbocycles. The van der Waals surface area contributed by atoms with Crippen LogP contribution in [0, 0.1) is 0 Å². The standard InChI is InChI=1S/C21H22N6O3/c28-19-7-6-17(15-4-1-8-22-13-15)23-27(19)14-16-5-2-9-25(16)21(29)18-12-20-26(24-18)10-3-11-30-20/h1,4,6-8,12-13,16H,2-3,5,9-11,14H2. The van der Waals surface area contributed by atoms with Crippen molar-refractivity contribution < 1.29 is 9.53 Å². The van der Waals surface area contributed by atoms with Crippen LogP contribution in [0.5, 0.6) is 5.88 Å². The van der Waals surface area contributed by atoms with Crippen LogP contribution < -0.4 is 10.3 Å². The van der Waals surface area contributed by atoms with Gasteiger partial charge in [-0.15, -0.1) is 0 Å². The molecule has 0 saturated carbocycles. The third-order valence-corrected chi connectivity index (χ3v) is 5.57. The van der Waals surface area contributed by atoms with Gasteiger partial charge in [-0.1, -0.05) is 0 Å². The minimum Gasteiger partial charge on any atom is -0.478 e. The van der Waals surface area contributed by atoms with Gasteiger partial charge in [-0.25, -0.2) is 9.36 Å². The Morgan fingerprint density at radius 2 is 2.10 bits per heavy atom. The average molecular weight is 406 g/mol. The van der Waals surface area contributed by atoms with Crippen molar-refractivity contribution in [2.75, 3.05) is 13.2 Å². The Hall–Kier alpha value is -3.49. The molecule has 0 aromatic carbocycles. The highest BCUT2D eigenvalue weighted by Gasteiger charge is 2.32. The number of nitrogens with zero attached hydrogens (tertiary/aromatic N) is 6. The van der Waals surface area contributed by atoms with E-state index in [9.17, 15) is 9.59 Å². The van der Waals surface area contributed by atoms with E-state index in [2.05, 4.69) is 15.2 Å². The lowest BCUT2D eigenvalue weighted by molar-refractivity contribution is 0.0713. The number of pyridine rings is 1. The van der Waals surface area contributed by atoms with Gasteiger partial charge in [0, 0.05) is 49.6 Å². The predicted molar refractivity (Wildman–Crippen MR) is 108 cm³/mol. The van der Waals surface area contributed by atoms with Crippen LogP contribution in [0.1, 0.15) is 29.8 Å². The lowest BCUT2D eigenvalue weighted by atomic mass is 10.2. The molecular formula is C21H22N6O3. The molecule has 0 radical (unpaired) electrons. The Labute approximate surface area is 172 Å². The zero-order valence-corrected chi connectivity index (χ0v) is 16.5. The smallest absolute Gasteiger partial charge is 0.274 e. The number of carbonyl (C=O) groups is 1. The highest BCUT2D eigenvalue weighted by Crippen LogP contribution is 2.24. The van der Waals surface area contributed by atoms with E-state index in [0.29, 0.717) is 37.0 Å². The quantitative estimate of drug-likeness (QED) is 0.653. The number of fused-ring (bicyclic) bond motifs is 1. The SMILES string of the molecule is O=C(c1cc2n(n1)CCCO2)N1CCCC1Cn1nc(-c2cccnc2)ccc1=O. The van der Waals surface area contributed by atoms with E-state index >= 15 is 0 Å². The van der Waals surface area contributed by atoms with Crippen LogP contribution in [-0.4, -0.2) is 54.5 Å². The molecule has 3 aromatic rings. The van der Waals surface area contributed by atoms with Crippen LogP contribution in [0.25, 0.3) is 11.3 Å². The third kappa shape index (κ3) is 3.47. The molecule has 9 nitrogen and oxygen atoms in total. The second-order valence-corrected chi connectivity index (χ2v) is 7.57. The monoisotopic (exact) mass is 406 g/mol. The molecular weight excluding hydrogens is 384 g/mol. The van der Waals surface area contributed by atoms with Crippen LogP contribution in [0.4, 0.5) is 0 Å². The fourth-order valence-electron chi connectivity index (χ4n) is 4.06. The molecule has 1 atom stereocenters. The van der Waals surface area contributed by atoms with E-state index in [1.54, 1.807) is 34.1 Å². The molecule has 154 valence electrons. The summed E-state index contributed by atoms with van der Waals surface area (Å²) >= 11 is 0. The number of ether oxygens (including phenoxy) is 1. The van der Waals surface area contributed by atoms with Gasteiger partial charge in [0.2, 0.25) is 5.88 Å². The first-order valence-electron chi connectivity index (χ1n) is 10.2. The molecule has 2 aliphatic heterocycles. The van der Waals surface area contributed by atoms with Crippen molar-refractivity contribution in [2.24, 2.45) is 0 Å². The zero-order valence-electron chi connectivity index (χ0n) is 16.5. The van der Waals surface area contributed by atoms with Gasteiger partial charge in [-0.2, -0.15) is 10.2 Å². The highest BCUT2D eigenvalue weighted by atomic mass is 16.5. The number of rotatable bonds is 4. The Balaban J connectivity index is 1.37. The maximum Gasteiger partial charge on any atom is 0.274 e. The highest BCUT2D eigenvalue weighted by molar-refractivity contribution is 5.93. The number of aryl methyl sites for hydroxylation is 1. The second kappa shape index (κ2) is 7.74. The molecule has 5 rings (SSSR count). The molecule has 1 unspecified atom stereocenters. The summed E-state index contributed by atoms with van der Waals surface area (Å²) < 4.78 is 8.77. The number of hydrogen-bond acceptors (Lipinski definition) is 6. The summed E-state index contributed by atoms with van der Waals surface area (Å²) in [6.07, 6.45) is 6.00. The first kappa shape index (κ1) is 18.5. The minimum absolute atomic E-state index is 0.105. The van der Waals surface area contributed by atoms with Gasteiger partial charge in [-0.05, 0) is 31.0 Å². The third-order valence-electron chi connectivity index (χ3n) is 5.57. The Morgan fingerprint density at radius 1 is 1.17 bits per heavy atom. The molecule has 0 bridgehead atoms. The second-order valence-electron chi connectivity index (χ2n) is 7.57. The molecule has 30 heavy (non-hydrogen) atoms. The van der Waals surface area contributed by atoms with Crippen molar-refractivity contribution in [3.8, 4) is 17.1 Å². The van der Waals surface area contributed by atoms with E-state index in [4.69, 9.17) is 4.74 Å². The summed E-state index contributed by atoms with van der Waals surface area (Å²) in [5.41, 5.74) is 1.72. The number of aromatic nitrogens is 5. The fourth-order valence-corrected chi connectivity index (χ4v) is 4.06. The van der Waals surface area contributed by atoms with Gasteiger partial charge >= 0.3 is 0 Å². The van der Waals surface area contributed by atoms with Gasteiger partial charge < -0.3 is 9.64 Å². The van der Waals surface area contributed by atoms with Crippen LogP contribution in [0.3, 0.4) is 0 Å². The van der Waals surface area contributed by atoms with Crippen LogP contribution >= 0.6 is 0 Å². The van der Waals surface area contributed by atoms with Crippen molar-refractivity contribution in [1.29, 1.82) is 0 Å². The Kier molecular flexibility index (Phi) is 4.78. The van der Waals surface area contributed by atoms with Crippen molar-refractivity contribution in [2.45, 2.75) is 38.4 Å². The molecule has 1 fully saturated rings. The topological polar surface area (TPSA) is 95.1 Å². The summed E-state index contributed by atoms with van der Waals surface area (Å²) in [4.78, 5) is 31.5. The number of likely N-dealkylation sites (tertiary alicyclic amines) is 1. The zero-order chi connectivity index (χ0) is 20.5. The molecule has 1 amide bonds. The van der Waals surface area contributed by atoms with Crippen molar-refractivity contribution in [3.63, 3.8) is 0 Å². The fraction of sp³-hybridized carbons (Fsp3) is 0.381. The van der Waals surface area contributed by atoms with Crippen molar-refractivity contribution >= 4 is 5.91 Å². The van der Waals surface area contributed by atoms with Gasteiger partial charge in [0.05, 0.1) is 24.9 Å². The lowest BCUT2D eigenvalue weighted by Crippen LogP contribution is -2.40. The van der Waals surface area contributed by atoms with E-state index in [0.717, 1.165) is 31.4 Å². The van der Waals surface area contributed by atoms with Gasteiger partial charge in [-0.3, -0.25) is 14.6 Å². The summed E-state index contributed by atoms with van der Waals surface area (Å²) in [5, 5.41) is 8.93. The summed E-state index contributed by atoms with van der Waals surface area (Å²) in [6.45, 7) is 2.40. The van der Waals surface area contributed by atoms with E-state index in [1.807, 2.05) is 12.1 Å². The summed E-state index contributed by atoms with van der Waals surface area (Å²) in [7, 11) is 0. The van der Waals surface area contributed by atoms with Gasteiger partial charge in [0.25, 0.3) is 11.5 Å². The number of amides is 1. The molecule has 0 spiro atoms. The number of carbonyl (C=O) groups excluding carboxylic acids is 1. The molecule has 5 heterocycles. The first-order valence-corrected chi connectivity index (χ1v) is 10.2. The summed E-state index contributed by atoms with van der Waals surface area (Å²) in [6, 6.07) is 8.55. The maximum absolute atomic E-state index is 13.1. The number of hydrogen-bond donors (Lipinski definition) is 0. The molecule has 1 saturated heterocycles. The first-order chi connectivity index (χ1) is 14.7. The van der Waals surface area contributed by atoms with Gasteiger partial charge in [0.15, 0.2) is 5.69 Å². The maximum atomic E-state index is 13.1. The van der Waals surface area contributed by atoms with E-state index < -0.39 is 0 Å². The minimum atomic E-state index is -0.187. The lowest BCUT2D eigenvalue weighted by Gasteiger charge is -2.24. The summed E-state index contributed by atoms with van der Waals surface area (Å²) in [5.74, 6) is 0.516. The van der Waals surface area contributed by atoms with Crippen molar-refractivity contribution in [3.05, 3.63) is 58.8 Å². The predicted octanol–water partition coefficient (Wildman–Crippen LogP) is 1.59. The molecule has 2 aliphatic rings. The van der Waals surface area contributed by atoms with Crippen molar-refractivity contribution in [1.82, 2.24) is 29.4 Å². The van der Waals surface area contributed by atoms with E-state index in [-0.39, 0.29) is 17.5 Å². The van der Waals surface area contributed by atoms with Crippen LogP contribution in [0.15, 0.2) is 47.5 Å². The molecule has 0 N–H and O–H groups in total. The van der Waals surface area contributed by atoms with Crippen LogP contribution in [0.2, 0.25) is 0 Å². The van der Waals surface area contributed by atoms with Crippen LogP contribution in [-0.2, 0) is 13.1 Å². The van der Waals surface area contributed by atoms with E-state index in [1.165, 1.54) is 10.7 Å². The molecule has 9 heteroatoms. The Morgan fingerprint density at radius 3 is 2.93 bits per heavy atom. The largest absolute Gasteiger partial charge is 0.478 e. The molecule has 3 aromatic heterocycles. The van der Waals surface area contributed by atoms with Gasteiger partial charge in [0.1, 0.15) is 0 Å². The average Bonchev–Trinajstić information content (AvgIpc) is 3.42. The Bertz CT molecular complexity index is 1100. The normalized spacial score (nSPS) is 18.1.